The maximum Gasteiger partial charge on any atom is 0.123 e. The van der Waals surface area contributed by atoms with Gasteiger partial charge in [-0.25, -0.2) is 8.78 Å². The van der Waals surface area contributed by atoms with Crippen molar-refractivity contribution in [3.05, 3.63) is 109 Å². The van der Waals surface area contributed by atoms with E-state index in [-0.39, 0.29) is 23.8 Å². The van der Waals surface area contributed by atoms with Gasteiger partial charge in [-0.05, 0) is 127 Å². The minimum Gasteiger partial charge on any atom is -0.365 e. The first-order chi connectivity index (χ1) is 18.5. The second kappa shape index (κ2) is 12.6. The number of nitrogens with zero attached hydrogens (tertiary/aromatic N) is 4. The molecular formula is C30H31F2IN4O. The predicted molar refractivity (Wildman–Crippen MR) is 153 cm³/mol. The van der Waals surface area contributed by atoms with Gasteiger partial charge in [0.25, 0.3) is 0 Å². The fourth-order valence-electron chi connectivity index (χ4n) is 5.98. The van der Waals surface area contributed by atoms with Crippen molar-refractivity contribution in [2.24, 2.45) is 5.11 Å². The summed E-state index contributed by atoms with van der Waals surface area (Å²) in [6.45, 7) is 1.09. The van der Waals surface area contributed by atoms with Crippen molar-refractivity contribution < 1.29 is 13.5 Å². The van der Waals surface area contributed by atoms with Gasteiger partial charge < -0.3 is 4.74 Å². The van der Waals surface area contributed by atoms with Crippen molar-refractivity contribution in [2.75, 3.05) is 6.54 Å². The molecule has 5 rings (SSSR count). The van der Waals surface area contributed by atoms with Gasteiger partial charge in [0, 0.05) is 20.6 Å². The van der Waals surface area contributed by atoms with Crippen molar-refractivity contribution in [2.45, 2.75) is 69.2 Å². The number of rotatable bonds is 10. The Balaban J connectivity index is 1.17. The summed E-state index contributed by atoms with van der Waals surface area (Å²) in [6.07, 6.45) is 7.38. The van der Waals surface area contributed by atoms with Crippen LogP contribution in [0.4, 0.5) is 14.5 Å². The van der Waals surface area contributed by atoms with Gasteiger partial charge in [0.1, 0.15) is 17.7 Å². The van der Waals surface area contributed by atoms with Crippen LogP contribution in [0.3, 0.4) is 0 Å². The molecule has 2 saturated heterocycles. The Morgan fingerprint density at radius 2 is 1.53 bits per heavy atom. The van der Waals surface area contributed by atoms with Crippen LogP contribution in [0, 0.1) is 15.2 Å². The number of fused-ring (bicyclic) bond motifs is 2. The Hall–Kier alpha value is -2.52. The monoisotopic (exact) mass is 628 g/mol. The third kappa shape index (κ3) is 6.54. The lowest BCUT2D eigenvalue weighted by Gasteiger charge is -2.40. The topological polar surface area (TPSA) is 61.2 Å². The number of hydrogen-bond acceptors (Lipinski definition) is 3. The van der Waals surface area contributed by atoms with Crippen LogP contribution in [0.1, 0.15) is 61.3 Å². The van der Waals surface area contributed by atoms with Gasteiger partial charge in [0.15, 0.2) is 0 Å². The molecule has 0 spiro atoms. The van der Waals surface area contributed by atoms with E-state index in [9.17, 15) is 8.78 Å². The van der Waals surface area contributed by atoms with Gasteiger partial charge in [0.2, 0.25) is 0 Å². The maximum atomic E-state index is 13.6. The zero-order valence-electron chi connectivity index (χ0n) is 21.1. The minimum absolute atomic E-state index is 0.112. The number of aryl methyl sites for hydroxylation is 1. The standard InChI is InChI=1S/C30H31F2IN4O/c31-23-9-5-21(6-10-23)30(22-7-11-24(32)12-8-22)38-27-18-25-13-14-26(19-27)37(25)16-2-1-3-20-4-15-29(35-36-34)28(33)17-20/h4-12,15,17,25-27,30H,1-3,13-14,16,18-19H2/t25-,26+,27?. The van der Waals surface area contributed by atoms with Crippen molar-refractivity contribution >= 4 is 28.3 Å². The average molecular weight is 629 g/mol. The second-order valence-corrected chi connectivity index (χ2v) is 11.4. The molecule has 3 aromatic carbocycles. The molecule has 38 heavy (non-hydrogen) atoms. The van der Waals surface area contributed by atoms with E-state index in [4.69, 9.17) is 10.3 Å². The summed E-state index contributed by atoms with van der Waals surface area (Å²) in [4.78, 5) is 5.56. The number of hydrogen-bond donors (Lipinski definition) is 0. The summed E-state index contributed by atoms with van der Waals surface area (Å²) in [5.41, 5.74) is 12.4. The number of halogens is 3. The maximum absolute atomic E-state index is 13.6. The van der Waals surface area contributed by atoms with Gasteiger partial charge in [-0.3, -0.25) is 4.90 Å². The predicted octanol–water partition coefficient (Wildman–Crippen LogP) is 8.64. The summed E-state index contributed by atoms with van der Waals surface area (Å²) in [5, 5.41) is 3.72. The highest BCUT2D eigenvalue weighted by Crippen LogP contribution is 2.40. The van der Waals surface area contributed by atoms with E-state index in [0.29, 0.717) is 17.8 Å². The first-order valence-electron chi connectivity index (χ1n) is 13.3. The van der Waals surface area contributed by atoms with Gasteiger partial charge in [-0.1, -0.05) is 41.5 Å². The van der Waals surface area contributed by atoms with E-state index in [1.165, 1.54) is 42.7 Å². The van der Waals surface area contributed by atoms with Gasteiger partial charge >= 0.3 is 0 Å². The molecule has 8 heteroatoms. The van der Waals surface area contributed by atoms with Crippen LogP contribution < -0.4 is 0 Å². The van der Waals surface area contributed by atoms with E-state index in [2.05, 4.69) is 49.6 Å². The molecule has 5 nitrogen and oxygen atoms in total. The van der Waals surface area contributed by atoms with Gasteiger partial charge in [-0.15, -0.1) is 0 Å². The summed E-state index contributed by atoms with van der Waals surface area (Å²) in [7, 11) is 0. The normalized spacial score (nSPS) is 21.0. The molecule has 0 aromatic heterocycles. The summed E-state index contributed by atoms with van der Waals surface area (Å²) in [5.74, 6) is -0.560. The van der Waals surface area contributed by atoms with Crippen LogP contribution in [0.5, 0.6) is 0 Å². The molecule has 0 saturated carbocycles. The molecular weight excluding hydrogens is 597 g/mol. The second-order valence-electron chi connectivity index (χ2n) is 10.3. The molecule has 0 amide bonds. The smallest absolute Gasteiger partial charge is 0.123 e. The van der Waals surface area contributed by atoms with Crippen LogP contribution in [0.15, 0.2) is 71.8 Å². The lowest BCUT2D eigenvalue weighted by atomic mass is 9.96. The molecule has 2 heterocycles. The molecule has 2 fully saturated rings. The molecule has 0 aliphatic carbocycles. The van der Waals surface area contributed by atoms with Crippen LogP contribution in [-0.2, 0) is 11.2 Å². The summed E-state index contributed by atoms with van der Waals surface area (Å²) in [6, 6.07) is 20.0. The fourth-order valence-corrected chi connectivity index (χ4v) is 6.66. The zero-order chi connectivity index (χ0) is 26.5. The lowest BCUT2D eigenvalue weighted by Crippen LogP contribution is -2.46. The molecule has 3 atom stereocenters. The minimum atomic E-state index is -0.347. The molecule has 2 aliphatic rings. The van der Waals surface area contributed by atoms with Crippen molar-refractivity contribution in [3.8, 4) is 0 Å². The Morgan fingerprint density at radius 1 is 0.921 bits per heavy atom. The number of azide groups is 1. The highest BCUT2D eigenvalue weighted by molar-refractivity contribution is 14.1. The quantitative estimate of drug-likeness (QED) is 0.0742. The highest BCUT2D eigenvalue weighted by atomic mass is 127. The average Bonchev–Trinajstić information content (AvgIpc) is 3.15. The molecule has 0 N–H and O–H groups in total. The van der Waals surface area contributed by atoms with Crippen LogP contribution in [-0.4, -0.2) is 29.6 Å². The van der Waals surface area contributed by atoms with Crippen molar-refractivity contribution in [3.63, 3.8) is 0 Å². The van der Waals surface area contributed by atoms with Crippen LogP contribution in [0.2, 0.25) is 0 Å². The van der Waals surface area contributed by atoms with Crippen LogP contribution in [0.25, 0.3) is 10.4 Å². The number of benzene rings is 3. The number of piperidine rings is 1. The molecule has 198 valence electrons. The molecule has 2 bridgehead atoms. The number of unbranched alkanes of at least 4 members (excludes halogenated alkanes) is 1. The van der Waals surface area contributed by atoms with E-state index in [1.54, 1.807) is 24.3 Å². The van der Waals surface area contributed by atoms with Gasteiger partial charge in [-0.2, -0.15) is 0 Å². The van der Waals surface area contributed by atoms with E-state index in [1.807, 2.05) is 6.07 Å². The highest BCUT2D eigenvalue weighted by Gasteiger charge is 2.41. The summed E-state index contributed by atoms with van der Waals surface area (Å²) < 4.78 is 34.9. The Bertz CT molecular complexity index is 1220. The van der Waals surface area contributed by atoms with E-state index >= 15 is 0 Å². The molecule has 0 radical (unpaired) electrons. The Labute approximate surface area is 236 Å². The summed E-state index contributed by atoms with van der Waals surface area (Å²) >= 11 is 2.22. The van der Waals surface area contributed by atoms with E-state index < -0.39 is 0 Å². The first-order valence-corrected chi connectivity index (χ1v) is 14.3. The largest absolute Gasteiger partial charge is 0.365 e. The fraction of sp³-hybridized carbons (Fsp3) is 0.400. The van der Waals surface area contributed by atoms with Crippen LogP contribution >= 0.6 is 22.6 Å². The third-order valence-corrected chi connectivity index (χ3v) is 8.68. The molecule has 2 aliphatic heterocycles. The first kappa shape index (κ1) is 27.1. The molecule has 1 unspecified atom stereocenters. The van der Waals surface area contributed by atoms with Gasteiger partial charge in [0.05, 0.1) is 11.8 Å². The SMILES string of the molecule is [N-]=[N+]=Nc1ccc(CCCCN2[C@@H]3CC[C@H]2CC(OC(c2ccc(F)cc2)c2ccc(F)cc2)C3)cc1I. The Morgan fingerprint density at radius 3 is 2.08 bits per heavy atom. The Kier molecular flexibility index (Phi) is 8.94. The van der Waals surface area contributed by atoms with Crippen molar-refractivity contribution in [1.29, 1.82) is 0 Å². The number of ether oxygens (including phenoxy) is 1. The lowest BCUT2D eigenvalue weighted by molar-refractivity contribution is -0.0484. The zero-order valence-corrected chi connectivity index (χ0v) is 23.3. The van der Waals surface area contributed by atoms with E-state index in [0.717, 1.165) is 53.3 Å². The third-order valence-electron chi connectivity index (χ3n) is 7.81. The van der Waals surface area contributed by atoms with Crippen molar-refractivity contribution in [1.82, 2.24) is 4.90 Å². The molecule has 3 aromatic rings.